The van der Waals surface area contributed by atoms with Gasteiger partial charge in [-0.25, -0.2) is 0 Å². The van der Waals surface area contributed by atoms with Crippen molar-refractivity contribution in [3.8, 4) is 0 Å². The van der Waals surface area contributed by atoms with E-state index in [1.807, 2.05) is 30.3 Å². The molecule has 1 aliphatic rings. The minimum absolute atomic E-state index is 0.0649. The molecular weight excluding hydrogens is 376 g/mol. The van der Waals surface area contributed by atoms with Gasteiger partial charge in [0.1, 0.15) is 0 Å². The lowest BCUT2D eigenvalue weighted by atomic mass is 9.89. The normalized spacial score (nSPS) is 19.2. The third-order valence-electron chi connectivity index (χ3n) is 5.45. The van der Waals surface area contributed by atoms with E-state index >= 15 is 0 Å². The quantitative estimate of drug-likeness (QED) is 0.486. The van der Waals surface area contributed by atoms with Crippen LogP contribution in [0.1, 0.15) is 40.4 Å². The molecule has 160 valence electrons. The lowest BCUT2D eigenvalue weighted by Gasteiger charge is -2.32. The Balaban J connectivity index is 1.49. The molecule has 2 atom stereocenters. The van der Waals surface area contributed by atoms with Gasteiger partial charge in [-0.1, -0.05) is 42.5 Å². The van der Waals surface area contributed by atoms with E-state index in [-0.39, 0.29) is 12.0 Å². The van der Waals surface area contributed by atoms with Crippen LogP contribution in [0.5, 0.6) is 0 Å². The Kier molecular flexibility index (Phi) is 8.27. The highest BCUT2D eigenvalue weighted by Gasteiger charge is 2.27. The van der Waals surface area contributed by atoms with Gasteiger partial charge in [0, 0.05) is 45.3 Å². The molecule has 1 saturated heterocycles. The molecule has 1 amide bonds. The van der Waals surface area contributed by atoms with Gasteiger partial charge in [0.2, 0.25) is 0 Å². The molecule has 2 aromatic carbocycles. The van der Waals surface area contributed by atoms with E-state index in [2.05, 4.69) is 45.2 Å². The van der Waals surface area contributed by atoms with Crippen LogP contribution in [0.15, 0.2) is 59.6 Å². The van der Waals surface area contributed by atoms with Crippen molar-refractivity contribution >= 4 is 11.9 Å². The highest BCUT2D eigenvalue weighted by atomic mass is 16.5. The summed E-state index contributed by atoms with van der Waals surface area (Å²) in [5.74, 6) is 1.13. The SMILES string of the molecule is CN=C(NCCc1cccc(C(=O)NC)c1)NCC1CCCOC1c1ccccc1. The van der Waals surface area contributed by atoms with Gasteiger partial charge in [0.05, 0.1) is 6.10 Å². The van der Waals surface area contributed by atoms with E-state index in [0.29, 0.717) is 11.5 Å². The number of carbonyl (C=O) groups is 1. The highest BCUT2D eigenvalue weighted by Crippen LogP contribution is 2.32. The van der Waals surface area contributed by atoms with Crippen LogP contribution < -0.4 is 16.0 Å². The van der Waals surface area contributed by atoms with Crippen molar-refractivity contribution in [2.45, 2.75) is 25.4 Å². The predicted octanol–water partition coefficient (Wildman–Crippen LogP) is 2.92. The van der Waals surface area contributed by atoms with Crippen molar-refractivity contribution < 1.29 is 9.53 Å². The van der Waals surface area contributed by atoms with Gasteiger partial charge < -0.3 is 20.7 Å². The minimum Gasteiger partial charge on any atom is -0.373 e. The number of carbonyl (C=O) groups excluding carboxylic acids is 1. The van der Waals surface area contributed by atoms with E-state index in [9.17, 15) is 4.79 Å². The van der Waals surface area contributed by atoms with Gasteiger partial charge in [-0.05, 0) is 42.5 Å². The minimum atomic E-state index is -0.0649. The molecule has 3 N–H and O–H groups in total. The molecule has 0 saturated carbocycles. The standard InChI is InChI=1S/C24H32N4O2/c1-25-23(29)20-11-6-8-18(16-20)13-14-27-24(26-2)28-17-21-12-7-15-30-22(21)19-9-4-3-5-10-19/h3-6,8-11,16,21-22H,7,12-15,17H2,1-2H3,(H,25,29)(H2,26,27,28). The maximum absolute atomic E-state index is 11.8. The molecule has 2 unspecified atom stereocenters. The molecule has 1 heterocycles. The molecule has 2 aromatic rings. The van der Waals surface area contributed by atoms with Crippen molar-refractivity contribution in [3.63, 3.8) is 0 Å². The molecule has 0 spiro atoms. The summed E-state index contributed by atoms with van der Waals surface area (Å²) < 4.78 is 6.09. The summed E-state index contributed by atoms with van der Waals surface area (Å²) in [5.41, 5.74) is 3.04. The summed E-state index contributed by atoms with van der Waals surface area (Å²) in [6.45, 7) is 2.36. The topological polar surface area (TPSA) is 74.8 Å². The van der Waals surface area contributed by atoms with E-state index in [1.165, 1.54) is 5.56 Å². The Hall–Kier alpha value is -2.86. The van der Waals surface area contributed by atoms with Gasteiger partial charge in [-0.15, -0.1) is 0 Å². The van der Waals surface area contributed by atoms with Crippen molar-refractivity contribution in [1.29, 1.82) is 0 Å². The van der Waals surface area contributed by atoms with Crippen LogP contribution in [-0.2, 0) is 11.2 Å². The van der Waals surface area contributed by atoms with Crippen molar-refractivity contribution in [1.82, 2.24) is 16.0 Å². The number of benzene rings is 2. The van der Waals surface area contributed by atoms with Crippen LogP contribution in [0.3, 0.4) is 0 Å². The van der Waals surface area contributed by atoms with Crippen LogP contribution in [-0.4, -0.2) is 45.7 Å². The number of nitrogens with one attached hydrogen (secondary N) is 3. The van der Waals surface area contributed by atoms with Crippen LogP contribution in [0.4, 0.5) is 0 Å². The number of ether oxygens (including phenoxy) is 1. The van der Waals surface area contributed by atoms with Gasteiger partial charge in [-0.3, -0.25) is 9.79 Å². The zero-order valence-corrected chi connectivity index (χ0v) is 17.9. The molecule has 6 nitrogen and oxygen atoms in total. The number of hydrogen-bond donors (Lipinski definition) is 3. The third-order valence-corrected chi connectivity index (χ3v) is 5.45. The molecule has 1 aliphatic heterocycles. The molecule has 30 heavy (non-hydrogen) atoms. The molecular formula is C24H32N4O2. The van der Waals surface area contributed by atoms with E-state index in [1.54, 1.807) is 14.1 Å². The maximum atomic E-state index is 11.8. The summed E-state index contributed by atoms with van der Waals surface area (Å²) in [6, 6.07) is 18.2. The second kappa shape index (κ2) is 11.4. The predicted molar refractivity (Wildman–Crippen MR) is 121 cm³/mol. The third kappa shape index (κ3) is 6.07. The number of guanidine groups is 1. The number of rotatable bonds is 7. The monoisotopic (exact) mass is 408 g/mol. The Morgan fingerprint density at radius 3 is 2.73 bits per heavy atom. The second-order valence-corrected chi connectivity index (χ2v) is 7.51. The zero-order chi connectivity index (χ0) is 21.2. The fourth-order valence-electron chi connectivity index (χ4n) is 3.85. The van der Waals surface area contributed by atoms with E-state index in [4.69, 9.17) is 4.74 Å². The Morgan fingerprint density at radius 2 is 1.97 bits per heavy atom. The highest BCUT2D eigenvalue weighted by molar-refractivity contribution is 5.94. The molecule has 1 fully saturated rings. The summed E-state index contributed by atoms with van der Waals surface area (Å²) in [4.78, 5) is 16.1. The Labute approximate surface area is 179 Å². The first-order chi connectivity index (χ1) is 14.7. The largest absolute Gasteiger partial charge is 0.373 e. The number of nitrogens with zero attached hydrogens (tertiary/aromatic N) is 1. The van der Waals surface area contributed by atoms with E-state index in [0.717, 1.165) is 50.5 Å². The van der Waals surface area contributed by atoms with Crippen LogP contribution in [0, 0.1) is 5.92 Å². The van der Waals surface area contributed by atoms with Crippen molar-refractivity contribution in [2.24, 2.45) is 10.9 Å². The molecule has 3 rings (SSSR count). The summed E-state index contributed by atoms with van der Waals surface area (Å²) in [7, 11) is 3.43. The number of amides is 1. The number of aliphatic imine (C=N–C) groups is 1. The van der Waals surface area contributed by atoms with Gasteiger partial charge >= 0.3 is 0 Å². The molecule has 6 heteroatoms. The lowest BCUT2D eigenvalue weighted by Crippen LogP contribution is -2.42. The second-order valence-electron chi connectivity index (χ2n) is 7.51. The van der Waals surface area contributed by atoms with E-state index < -0.39 is 0 Å². The van der Waals surface area contributed by atoms with Crippen LogP contribution >= 0.6 is 0 Å². The first-order valence-corrected chi connectivity index (χ1v) is 10.6. The van der Waals surface area contributed by atoms with Crippen LogP contribution in [0.25, 0.3) is 0 Å². The number of hydrogen-bond acceptors (Lipinski definition) is 3. The lowest BCUT2D eigenvalue weighted by molar-refractivity contribution is -0.0265. The van der Waals surface area contributed by atoms with Gasteiger partial charge in [0.25, 0.3) is 5.91 Å². The first kappa shape index (κ1) is 21.8. The molecule has 0 aliphatic carbocycles. The molecule has 0 bridgehead atoms. The van der Waals surface area contributed by atoms with Crippen LogP contribution in [0.2, 0.25) is 0 Å². The Morgan fingerprint density at radius 1 is 1.13 bits per heavy atom. The Bertz CT molecular complexity index is 838. The first-order valence-electron chi connectivity index (χ1n) is 10.6. The fraction of sp³-hybridized carbons (Fsp3) is 0.417. The van der Waals surface area contributed by atoms with Crippen molar-refractivity contribution in [2.75, 3.05) is 33.8 Å². The zero-order valence-electron chi connectivity index (χ0n) is 17.9. The van der Waals surface area contributed by atoms with Gasteiger partial charge in [-0.2, -0.15) is 0 Å². The molecule has 0 aromatic heterocycles. The van der Waals surface area contributed by atoms with Gasteiger partial charge in [0.15, 0.2) is 5.96 Å². The maximum Gasteiger partial charge on any atom is 0.251 e. The summed E-state index contributed by atoms with van der Waals surface area (Å²) in [5, 5.41) is 9.49. The summed E-state index contributed by atoms with van der Waals surface area (Å²) >= 11 is 0. The fourth-order valence-corrected chi connectivity index (χ4v) is 3.85. The average molecular weight is 409 g/mol. The average Bonchev–Trinajstić information content (AvgIpc) is 2.81. The molecule has 0 radical (unpaired) electrons. The van der Waals surface area contributed by atoms with Crippen molar-refractivity contribution in [3.05, 3.63) is 71.3 Å². The summed E-state index contributed by atoms with van der Waals surface area (Å²) in [6.07, 6.45) is 3.15. The smallest absolute Gasteiger partial charge is 0.251 e.